The minimum Gasteiger partial charge on any atom is -0.459 e. The topological polar surface area (TPSA) is 35.5 Å². The van der Waals surface area contributed by atoms with Crippen LogP contribution in [0, 0.1) is 17.3 Å². The van der Waals surface area contributed by atoms with Gasteiger partial charge in [-0.05, 0) is 85.0 Å². The summed E-state index contributed by atoms with van der Waals surface area (Å²) in [7, 11) is 0. The zero-order valence-electron chi connectivity index (χ0n) is 15.8. The first-order chi connectivity index (χ1) is 10.5. The number of ether oxygens (including phenoxy) is 2. The van der Waals surface area contributed by atoms with Crippen molar-refractivity contribution >= 4 is 5.97 Å². The molecule has 0 radical (unpaired) electrons. The van der Waals surface area contributed by atoms with E-state index in [0.717, 1.165) is 38.5 Å². The predicted octanol–water partition coefficient (Wildman–Crippen LogP) is 4.87. The van der Waals surface area contributed by atoms with Crippen LogP contribution >= 0.6 is 0 Å². The first kappa shape index (κ1) is 17.3. The molecule has 23 heavy (non-hydrogen) atoms. The molecule has 4 aliphatic carbocycles. The van der Waals surface area contributed by atoms with Gasteiger partial charge in [-0.2, -0.15) is 0 Å². The van der Waals surface area contributed by atoms with Crippen molar-refractivity contribution in [1.29, 1.82) is 0 Å². The van der Waals surface area contributed by atoms with Crippen LogP contribution in [0.4, 0.5) is 0 Å². The number of carbonyl (C=O) groups excluding carboxylic acids is 1. The van der Waals surface area contributed by atoms with Gasteiger partial charge in [-0.15, -0.1) is 0 Å². The molecule has 3 nitrogen and oxygen atoms in total. The average molecular weight is 322 g/mol. The smallest absolute Gasteiger partial charge is 0.312 e. The fraction of sp³-hybridized carbons (Fsp3) is 0.950. The lowest BCUT2D eigenvalue weighted by atomic mass is 9.52. The lowest BCUT2D eigenvalue weighted by molar-refractivity contribution is -0.259. The highest BCUT2D eigenvalue weighted by atomic mass is 16.6. The van der Waals surface area contributed by atoms with Crippen LogP contribution in [0.15, 0.2) is 0 Å². The molecule has 4 fully saturated rings. The molecule has 2 unspecified atom stereocenters. The van der Waals surface area contributed by atoms with Crippen LogP contribution in [-0.4, -0.2) is 22.8 Å². The Morgan fingerprint density at radius 3 is 2.00 bits per heavy atom. The number of carbonyl (C=O) groups is 1. The molecule has 0 N–H and O–H groups in total. The molecule has 132 valence electrons. The van der Waals surface area contributed by atoms with Gasteiger partial charge < -0.3 is 9.47 Å². The lowest BCUT2D eigenvalue weighted by Crippen LogP contribution is -2.63. The summed E-state index contributed by atoms with van der Waals surface area (Å²) in [5.74, 6) is 1.31. The van der Waals surface area contributed by atoms with Gasteiger partial charge in [0.05, 0.1) is 16.6 Å². The van der Waals surface area contributed by atoms with Crippen molar-refractivity contribution in [3.05, 3.63) is 0 Å². The molecular formula is C20H34O3. The highest BCUT2D eigenvalue weighted by Crippen LogP contribution is 2.61. The Labute approximate surface area is 141 Å². The Morgan fingerprint density at radius 1 is 1.00 bits per heavy atom. The van der Waals surface area contributed by atoms with Gasteiger partial charge in [0.1, 0.15) is 5.60 Å². The molecule has 4 aliphatic rings. The molecule has 0 aromatic heterocycles. The van der Waals surface area contributed by atoms with Gasteiger partial charge in [-0.1, -0.05) is 6.92 Å². The van der Waals surface area contributed by atoms with E-state index in [0.29, 0.717) is 11.8 Å². The van der Waals surface area contributed by atoms with Gasteiger partial charge in [0.25, 0.3) is 0 Å². The van der Waals surface area contributed by atoms with E-state index < -0.39 is 0 Å². The van der Waals surface area contributed by atoms with Crippen LogP contribution in [0.5, 0.6) is 0 Å². The molecule has 0 amide bonds. The standard InChI is InChI=1S/C20H34O3/c1-7-18(5,6)16(21)22-19-9-14-8-15(10-19)12-20(11-14,13-19)23-17(2,3)4/h14-15H,7-13H2,1-6H3. The molecule has 3 heteroatoms. The van der Waals surface area contributed by atoms with E-state index in [1.807, 2.05) is 13.8 Å². The molecule has 0 aromatic rings. The second kappa shape index (κ2) is 5.21. The number of hydrogen-bond donors (Lipinski definition) is 0. The third-order valence-corrected chi connectivity index (χ3v) is 6.22. The molecule has 0 saturated heterocycles. The molecule has 2 atom stereocenters. The quantitative estimate of drug-likeness (QED) is 0.693. The molecule has 0 heterocycles. The molecule has 4 bridgehead atoms. The normalized spacial score (nSPS) is 39.6. The maximum Gasteiger partial charge on any atom is 0.312 e. The number of rotatable bonds is 4. The van der Waals surface area contributed by atoms with Crippen molar-refractivity contribution in [3.8, 4) is 0 Å². The Bertz CT molecular complexity index is 472. The van der Waals surface area contributed by atoms with Crippen molar-refractivity contribution in [2.75, 3.05) is 0 Å². The fourth-order valence-corrected chi connectivity index (χ4v) is 5.46. The van der Waals surface area contributed by atoms with Crippen LogP contribution in [0.1, 0.15) is 86.5 Å². The minimum absolute atomic E-state index is 0.0205. The second-order valence-corrected chi connectivity index (χ2v) is 10.2. The highest BCUT2D eigenvalue weighted by Gasteiger charge is 2.61. The van der Waals surface area contributed by atoms with Gasteiger partial charge >= 0.3 is 5.97 Å². The summed E-state index contributed by atoms with van der Waals surface area (Å²) in [4.78, 5) is 12.7. The second-order valence-electron chi connectivity index (χ2n) is 10.2. The molecule has 0 aromatic carbocycles. The summed E-state index contributed by atoms with van der Waals surface area (Å²) in [6.45, 7) is 12.5. The van der Waals surface area contributed by atoms with E-state index in [4.69, 9.17) is 9.47 Å². The Kier molecular flexibility index (Phi) is 3.91. The predicted molar refractivity (Wildman–Crippen MR) is 91.1 cm³/mol. The monoisotopic (exact) mass is 322 g/mol. The highest BCUT2D eigenvalue weighted by molar-refractivity contribution is 5.76. The number of esters is 1. The van der Waals surface area contributed by atoms with E-state index in [-0.39, 0.29) is 28.2 Å². The summed E-state index contributed by atoms with van der Waals surface area (Å²) < 4.78 is 12.8. The largest absolute Gasteiger partial charge is 0.459 e. The van der Waals surface area contributed by atoms with Gasteiger partial charge in [-0.3, -0.25) is 4.79 Å². The Morgan fingerprint density at radius 2 is 1.52 bits per heavy atom. The fourth-order valence-electron chi connectivity index (χ4n) is 5.46. The van der Waals surface area contributed by atoms with Crippen LogP contribution in [0.3, 0.4) is 0 Å². The molecule has 4 saturated carbocycles. The van der Waals surface area contributed by atoms with Crippen molar-refractivity contribution in [1.82, 2.24) is 0 Å². The van der Waals surface area contributed by atoms with Gasteiger partial charge in [-0.25, -0.2) is 0 Å². The molecule has 0 aliphatic heterocycles. The summed E-state index contributed by atoms with van der Waals surface area (Å²) in [5.41, 5.74) is -0.862. The first-order valence-corrected chi connectivity index (χ1v) is 9.40. The van der Waals surface area contributed by atoms with Crippen molar-refractivity contribution < 1.29 is 14.3 Å². The number of hydrogen-bond acceptors (Lipinski definition) is 3. The van der Waals surface area contributed by atoms with E-state index in [1.54, 1.807) is 0 Å². The van der Waals surface area contributed by atoms with Crippen molar-refractivity contribution in [3.63, 3.8) is 0 Å². The van der Waals surface area contributed by atoms with E-state index in [2.05, 4.69) is 27.7 Å². The van der Waals surface area contributed by atoms with Crippen molar-refractivity contribution in [2.24, 2.45) is 17.3 Å². The van der Waals surface area contributed by atoms with Gasteiger partial charge in [0.2, 0.25) is 0 Å². The van der Waals surface area contributed by atoms with Crippen molar-refractivity contribution in [2.45, 2.75) is 103 Å². The minimum atomic E-state index is -0.388. The SMILES string of the molecule is CCC(C)(C)C(=O)OC12CC3CC(C1)CC(OC(C)(C)C)(C3)C2. The average Bonchev–Trinajstić information content (AvgIpc) is 2.33. The summed E-state index contributed by atoms with van der Waals surface area (Å²) >= 11 is 0. The molecule has 4 rings (SSSR count). The Hall–Kier alpha value is -0.570. The van der Waals surface area contributed by atoms with E-state index >= 15 is 0 Å². The zero-order valence-corrected chi connectivity index (χ0v) is 15.8. The Balaban J connectivity index is 1.82. The summed E-state index contributed by atoms with van der Waals surface area (Å²) in [6.07, 6.45) is 7.41. The first-order valence-electron chi connectivity index (χ1n) is 9.40. The summed E-state index contributed by atoms with van der Waals surface area (Å²) in [6, 6.07) is 0. The zero-order chi connectivity index (χ0) is 17.1. The van der Waals surface area contributed by atoms with Crippen LogP contribution in [0.2, 0.25) is 0 Å². The van der Waals surface area contributed by atoms with Crippen LogP contribution < -0.4 is 0 Å². The molecular weight excluding hydrogens is 288 g/mol. The molecule has 0 spiro atoms. The van der Waals surface area contributed by atoms with Gasteiger partial charge in [0, 0.05) is 6.42 Å². The maximum atomic E-state index is 12.7. The van der Waals surface area contributed by atoms with Crippen LogP contribution in [-0.2, 0) is 14.3 Å². The van der Waals surface area contributed by atoms with Gasteiger partial charge in [0.15, 0.2) is 0 Å². The maximum absolute atomic E-state index is 12.7. The third-order valence-electron chi connectivity index (χ3n) is 6.22. The van der Waals surface area contributed by atoms with E-state index in [9.17, 15) is 4.79 Å². The third kappa shape index (κ3) is 3.31. The van der Waals surface area contributed by atoms with E-state index in [1.165, 1.54) is 6.42 Å². The lowest BCUT2D eigenvalue weighted by Gasteiger charge is -2.62. The summed E-state index contributed by atoms with van der Waals surface area (Å²) in [5, 5.41) is 0. The van der Waals surface area contributed by atoms with Crippen LogP contribution in [0.25, 0.3) is 0 Å².